The van der Waals surface area contributed by atoms with Gasteiger partial charge in [-0.1, -0.05) is 56.6 Å². The smallest absolute Gasteiger partial charge is 0.251 e. The summed E-state index contributed by atoms with van der Waals surface area (Å²) in [5, 5.41) is 6.21. The zero-order chi connectivity index (χ0) is 30.3. The fraction of sp³-hybridized carbons (Fsp3) is 0.452. The van der Waals surface area contributed by atoms with Crippen molar-refractivity contribution in [2.75, 3.05) is 13.1 Å². The van der Waals surface area contributed by atoms with Crippen LogP contribution in [0.15, 0.2) is 48.7 Å². The second-order valence-electron chi connectivity index (χ2n) is 11.6. The van der Waals surface area contributed by atoms with Crippen molar-refractivity contribution < 1.29 is 14.3 Å². The molecule has 0 unspecified atom stereocenters. The van der Waals surface area contributed by atoms with Crippen LogP contribution in [-0.4, -0.2) is 52.6 Å². The van der Waals surface area contributed by atoms with Crippen molar-refractivity contribution in [1.29, 1.82) is 0 Å². The molecule has 222 valence electrons. The van der Waals surface area contributed by atoms with Crippen LogP contribution in [0.25, 0.3) is 11.3 Å². The molecular formula is C31H43ClN6O3. The number of ether oxygens (including phenoxy) is 1. The summed E-state index contributed by atoms with van der Waals surface area (Å²) in [4.78, 5) is 30.2. The minimum atomic E-state index is -0.657. The zero-order valence-corrected chi connectivity index (χ0v) is 25.6. The van der Waals surface area contributed by atoms with Gasteiger partial charge in [-0.05, 0) is 51.0 Å². The third kappa shape index (κ3) is 9.05. The first-order valence-electron chi connectivity index (χ1n) is 14.0. The number of benzene rings is 2. The fourth-order valence-corrected chi connectivity index (χ4v) is 4.60. The van der Waals surface area contributed by atoms with Crippen molar-refractivity contribution in [3.63, 3.8) is 0 Å². The number of hydrogen-bond donors (Lipinski definition) is 4. The highest BCUT2D eigenvalue weighted by Gasteiger charge is 2.22. The van der Waals surface area contributed by atoms with E-state index in [1.165, 1.54) is 0 Å². The van der Waals surface area contributed by atoms with Crippen molar-refractivity contribution in [3.8, 4) is 17.0 Å². The highest BCUT2D eigenvalue weighted by Crippen LogP contribution is 2.28. The van der Waals surface area contributed by atoms with Crippen molar-refractivity contribution in [1.82, 2.24) is 20.2 Å². The van der Waals surface area contributed by atoms with E-state index >= 15 is 0 Å². The molecule has 2 aromatic carbocycles. The second kappa shape index (κ2) is 14.0. The van der Waals surface area contributed by atoms with Gasteiger partial charge in [-0.3, -0.25) is 9.59 Å². The molecule has 0 fully saturated rings. The van der Waals surface area contributed by atoms with E-state index in [0.717, 1.165) is 22.6 Å². The average molecular weight is 583 g/mol. The average Bonchev–Trinajstić information content (AvgIpc) is 3.33. The maximum absolute atomic E-state index is 13.1. The number of amides is 2. The Balaban J connectivity index is 1.79. The van der Waals surface area contributed by atoms with Gasteiger partial charge in [-0.25, -0.2) is 4.98 Å². The molecule has 0 bridgehead atoms. The lowest BCUT2D eigenvalue weighted by molar-refractivity contribution is -0.122. The zero-order valence-electron chi connectivity index (χ0n) is 24.8. The first kappa shape index (κ1) is 32.1. The van der Waals surface area contributed by atoms with Crippen LogP contribution < -0.4 is 26.8 Å². The van der Waals surface area contributed by atoms with Crippen molar-refractivity contribution >= 4 is 23.4 Å². The summed E-state index contributed by atoms with van der Waals surface area (Å²) in [5.74, 6) is 0.903. The van der Waals surface area contributed by atoms with E-state index in [1.54, 1.807) is 25.1 Å². The number of aromatic nitrogens is 2. The topological polar surface area (TPSA) is 137 Å². The van der Waals surface area contributed by atoms with Crippen LogP contribution in [0.3, 0.4) is 0 Å². The summed E-state index contributed by atoms with van der Waals surface area (Å²) in [7, 11) is 0. The van der Waals surface area contributed by atoms with Crippen molar-refractivity contribution in [3.05, 3.63) is 70.6 Å². The quantitative estimate of drug-likeness (QED) is 0.254. The number of carbonyl (C=O) groups excluding carboxylic acids is 2. The van der Waals surface area contributed by atoms with Gasteiger partial charge in [0.05, 0.1) is 28.9 Å². The van der Waals surface area contributed by atoms with Gasteiger partial charge in [-0.15, -0.1) is 0 Å². The molecule has 6 N–H and O–H groups in total. The highest BCUT2D eigenvalue weighted by molar-refractivity contribution is 6.32. The molecule has 0 saturated heterocycles. The molecule has 41 heavy (non-hydrogen) atoms. The third-order valence-electron chi connectivity index (χ3n) is 6.38. The van der Waals surface area contributed by atoms with Gasteiger partial charge in [0.1, 0.15) is 11.6 Å². The number of nitrogens with zero attached hydrogens (tertiary/aromatic N) is 2. The molecule has 3 aromatic rings. The van der Waals surface area contributed by atoms with Crippen LogP contribution in [0.2, 0.25) is 5.02 Å². The molecule has 0 spiro atoms. The van der Waals surface area contributed by atoms with E-state index in [1.807, 2.05) is 44.3 Å². The number of hydrogen-bond acceptors (Lipinski definition) is 6. The van der Waals surface area contributed by atoms with Crippen LogP contribution in [-0.2, 0) is 23.2 Å². The van der Waals surface area contributed by atoms with E-state index < -0.39 is 12.1 Å². The lowest BCUT2D eigenvalue weighted by Crippen LogP contribution is -2.48. The number of nitrogens with one attached hydrogen (secondary N) is 2. The fourth-order valence-electron chi connectivity index (χ4n) is 4.38. The van der Waals surface area contributed by atoms with Crippen LogP contribution in [0, 0.1) is 0 Å². The molecule has 0 aliphatic rings. The summed E-state index contributed by atoms with van der Waals surface area (Å²) >= 11 is 6.35. The van der Waals surface area contributed by atoms with E-state index in [-0.39, 0.29) is 29.9 Å². The molecule has 2 amide bonds. The van der Waals surface area contributed by atoms with E-state index in [2.05, 4.69) is 36.0 Å². The minimum Gasteiger partial charge on any atom is -0.489 e. The van der Waals surface area contributed by atoms with Gasteiger partial charge in [0.15, 0.2) is 0 Å². The molecule has 3 rings (SSSR count). The van der Waals surface area contributed by atoms with Gasteiger partial charge >= 0.3 is 0 Å². The van der Waals surface area contributed by atoms with Crippen LogP contribution in [0.5, 0.6) is 5.75 Å². The Kier molecular flexibility index (Phi) is 11.0. The standard InChI is InChI=1S/C31H43ClN6O3/c1-19(2)41-27-12-11-23(16-25(27)32)29(40)36-24(17-35-28(39)20(3)34)15-21-7-9-22(10-8-21)26-18-38(14-13-33)30(37-26)31(4,5)6/h7-12,16,18-20,24H,13-15,17,33-34H2,1-6H3,(H,35,39)(H,36,40)/t20-,24-/m0/s1. The molecule has 0 aliphatic carbocycles. The van der Waals surface area contributed by atoms with Crippen LogP contribution >= 0.6 is 11.6 Å². The van der Waals surface area contributed by atoms with E-state index in [9.17, 15) is 9.59 Å². The summed E-state index contributed by atoms with van der Waals surface area (Å²) in [6.07, 6.45) is 2.48. The Morgan fingerprint density at radius 3 is 2.34 bits per heavy atom. The SMILES string of the molecule is CC(C)Oc1ccc(C(=O)N[C@H](CNC(=O)[C@H](C)N)Cc2ccc(-c3cn(CCN)c(C(C)(C)C)n3)cc2)cc1Cl. The normalized spacial score (nSPS) is 13.1. The second-order valence-corrected chi connectivity index (χ2v) is 12.0. The number of halogens is 1. The molecule has 0 aliphatic heterocycles. The van der Waals surface area contributed by atoms with Crippen LogP contribution in [0.4, 0.5) is 0 Å². The molecule has 0 radical (unpaired) electrons. The van der Waals surface area contributed by atoms with E-state index in [0.29, 0.717) is 35.8 Å². The molecule has 9 nitrogen and oxygen atoms in total. The molecule has 2 atom stereocenters. The van der Waals surface area contributed by atoms with Gasteiger partial charge in [0.2, 0.25) is 5.91 Å². The Labute approximate surface area is 248 Å². The lowest BCUT2D eigenvalue weighted by atomic mass is 9.95. The summed E-state index contributed by atoms with van der Waals surface area (Å²) in [6, 6.07) is 11.9. The van der Waals surface area contributed by atoms with Crippen molar-refractivity contribution in [2.24, 2.45) is 11.5 Å². The van der Waals surface area contributed by atoms with Crippen molar-refractivity contribution in [2.45, 2.75) is 78.1 Å². The Bertz CT molecular complexity index is 1330. The first-order valence-corrected chi connectivity index (χ1v) is 14.3. The lowest BCUT2D eigenvalue weighted by Gasteiger charge is -2.21. The third-order valence-corrected chi connectivity index (χ3v) is 6.67. The largest absolute Gasteiger partial charge is 0.489 e. The Morgan fingerprint density at radius 2 is 1.78 bits per heavy atom. The molecular weight excluding hydrogens is 540 g/mol. The van der Waals surface area contributed by atoms with Gasteiger partial charge in [0.25, 0.3) is 5.91 Å². The molecule has 1 aromatic heterocycles. The van der Waals surface area contributed by atoms with Gasteiger partial charge < -0.3 is 31.4 Å². The monoisotopic (exact) mass is 582 g/mol. The summed E-state index contributed by atoms with van der Waals surface area (Å²) < 4.78 is 7.79. The molecule has 1 heterocycles. The number of carbonyl (C=O) groups is 2. The predicted molar refractivity (Wildman–Crippen MR) is 164 cm³/mol. The minimum absolute atomic E-state index is 0.0429. The Hall–Kier alpha value is -3.40. The first-order chi connectivity index (χ1) is 19.3. The maximum Gasteiger partial charge on any atom is 0.251 e. The van der Waals surface area contributed by atoms with Crippen LogP contribution in [0.1, 0.15) is 63.3 Å². The number of rotatable bonds is 12. The highest BCUT2D eigenvalue weighted by atomic mass is 35.5. The molecule has 10 heteroatoms. The number of imidazole rings is 1. The van der Waals surface area contributed by atoms with E-state index in [4.69, 9.17) is 32.8 Å². The Morgan fingerprint density at radius 1 is 1.10 bits per heavy atom. The molecule has 0 saturated carbocycles. The predicted octanol–water partition coefficient (Wildman–Crippen LogP) is 4.05. The van der Waals surface area contributed by atoms with Gasteiger partial charge in [0, 0.05) is 42.4 Å². The summed E-state index contributed by atoms with van der Waals surface area (Å²) in [6.45, 7) is 13.3. The van der Waals surface area contributed by atoms with Gasteiger partial charge in [-0.2, -0.15) is 0 Å². The number of nitrogens with two attached hydrogens (primary N) is 2. The summed E-state index contributed by atoms with van der Waals surface area (Å²) in [5.41, 5.74) is 14.7. The maximum atomic E-state index is 13.1.